The molecule has 0 aliphatic rings. The summed E-state index contributed by atoms with van der Waals surface area (Å²) < 4.78 is 5.83. The molecule has 1 heterocycles. The van der Waals surface area contributed by atoms with Gasteiger partial charge < -0.3 is 9.84 Å². The number of aliphatic hydroxyl groups is 1. The molecule has 0 radical (unpaired) electrons. The van der Waals surface area contributed by atoms with Gasteiger partial charge >= 0.3 is 0 Å². The van der Waals surface area contributed by atoms with Gasteiger partial charge in [0.15, 0.2) is 0 Å². The summed E-state index contributed by atoms with van der Waals surface area (Å²) in [4.78, 5) is 4.02. The maximum Gasteiger partial charge on any atom is 0.219 e. The third kappa shape index (κ3) is 1.59. The molecule has 0 unspecified atom stereocenters. The standard InChI is InChI=1S/C8H10BrNO2/c1-5-3-10-8(12-2)6(4-11)7(5)9/h3,11H,4H2,1-2H3. The molecule has 4 heteroatoms. The van der Waals surface area contributed by atoms with E-state index in [0.29, 0.717) is 11.4 Å². The number of aliphatic hydroxyl groups excluding tert-OH is 1. The Kier molecular flexibility index (Phi) is 3.05. The molecule has 3 nitrogen and oxygen atoms in total. The fraction of sp³-hybridized carbons (Fsp3) is 0.375. The van der Waals surface area contributed by atoms with Crippen LogP contribution in [0.4, 0.5) is 0 Å². The molecule has 0 aliphatic carbocycles. The van der Waals surface area contributed by atoms with E-state index in [1.807, 2.05) is 6.92 Å². The van der Waals surface area contributed by atoms with Crippen molar-refractivity contribution >= 4 is 15.9 Å². The van der Waals surface area contributed by atoms with E-state index in [1.54, 1.807) is 6.20 Å². The zero-order valence-electron chi connectivity index (χ0n) is 6.97. The Balaban J connectivity index is 3.25. The van der Waals surface area contributed by atoms with Crippen LogP contribution in [0, 0.1) is 6.92 Å². The van der Waals surface area contributed by atoms with Gasteiger partial charge in [0.1, 0.15) is 0 Å². The third-order valence-electron chi connectivity index (χ3n) is 1.60. The summed E-state index contributed by atoms with van der Waals surface area (Å²) in [6.45, 7) is 1.84. The molecular weight excluding hydrogens is 222 g/mol. The van der Waals surface area contributed by atoms with Crippen LogP contribution in [0.5, 0.6) is 5.88 Å². The molecule has 0 atom stereocenters. The third-order valence-corrected chi connectivity index (χ3v) is 2.70. The minimum atomic E-state index is -0.0710. The summed E-state index contributed by atoms with van der Waals surface area (Å²) in [5, 5.41) is 9.00. The van der Waals surface area contributed by atoms with Crippen LogP contribution in [-0.4, -0.2) is 17.2 Å². The van der Waals surface area contributed by atoms with Crippen molar-refractivity contribution < 1.29 is 9.84 Å². The molecule has 0 spiro atoms. The molecule has 1 aromatic heterocycles. The van der Waals surface area contributed by atoms with Gasteiger partial charge in [0.2, 0.25) is 5.88 Å². The highest BCUT2D eigenvalue weighted by Crippen LogP contribution is 2.27. The highest BCUT2D eigenvalue weighted by molar-refractivity contribution is 9.10. The average Bonchev–Trinajstić information content (AvgIpc) is 2.09. The van der Waals surface area contributed by atoms with Gasteiger partial charge in [0.05, 0.1) is 19.3 Å². The first-order chi connectivity index (χ1) is 5.70. The van der Waals surface area contributed by atoms with E-state index >= 15 is 0 Å². The summed E-state index contributed by atoms with van der Waals surface area (Å²) in [6, 6.07) is 0. The second-order valence-corrected chi connectivity index (χ2v) is 3.19. The van der Waals surface area contributed by atoms with E-state index in [-0.39, 0.29) is 6.61 Å². The number of pyridine rings is 1. The Morgan fingerprint density at radius 1 is 1.67 bits per heavy atom. The van der Waals surface area contributed by atoms with E-state index in [0.717, 1.165) is 10.0 Å². The first kappa shape index (κ1) is 9.48. The molecule has 0 bridgehead atoms. The van der Waals surface area contributed by atoms with Crippen molar-refractivity contribution in [3.05, 3.63) is 21.8 Å². The molecule has 0 saturated heterocycles. The molecule has 0 amide bonds. The zero-order valence-corrected chi connectivity index (χ0v) is 8.55. The van der Waals surface area contributed by atoms with Gasteiger partial charge in [-0.2, -0.15) is 0 Å². The first-order valence-corrected chi connectivity index (χ1v) is 4.28. The van der Waals surface area contributed by atoms with Gasteiger partial charge in [-0.3, -0.25) is 0 Å². The lowest BCUT2D eigenvalue weighted by atomic mass is 10.2. The lowest BCUT2D eigenvalue weighted by Gasteiger charge is -2.08. The van der Waals surface area contributed by atoms with Crippen LogP contribution in [0.2, 0.25) is 0 Å². The molecule has 66 valence electrons. The highest BCUT2D eigenvalue weighted by atomic mass is 79.9. The Hall–Kier alpha value is -0.610. The smallest absolute Gasteiger partial charge is 0.219 e. The fourth-order valence-corrected chi connectivity index (χ4v) is 1.33. The molecule has 0 saturated carbocycles. The molecular formula is C8H10BrNO2. The van der Waals surface area contributed by atoms with Crippen molar-refractivity contribution in [3.8, 4) is 5.88 Å². The maximum absolute atomic E-state index is 9.00. The topological polar surface area (TPSA) is 42.4 Å². The lowest BCUT2D eigenvalue weighted by Crippen LogP contribution is -1.97. The Bertz CT molecular complexity index is 289. The number of rotatable bonds is 2. The first-order valence-electron chi connectivity index (χ1n) is 3.49. The van der Waals surface area contributed by atoms with Crippen molar-refractivity contribution in [2.24, 2.45) is 0 Å². The number of hydrogen-bond acceptors (Lipinski definition) is 3. The van der Waals surface area contributed by atoms with Crippen LogP contribution >= 0.6 is 15.9 Å². The van der Waals surface area contributed by atoms with Crippen LogP contribution in [0.3, 0.4) is 0 Å². The number of aryl methyl sites for hydroxylation is 1. The van der Waals surface area contributed by atoms with Crippen LogP contribution in [0.25, 0.3) is 0 Å². The van der Waals surface area contributed by atoms with Gasteiger partial charge in [0.25, 0.3) is 0 Å². The maximum atomic E-state index is 9.00. The monoisotopic (exact) mass is 231 g/mol. The van der Waals surface area contributed by atoms with Gasteiger partial charge in [-0.15, -0.1) is 0 Å². The number of methoxy groups -OCH3 is 1. The Morgan fingerprint density at radius 2 is 2.33 bits per heavy atom. The van der Waals surface area contributed by atoms with Gasteiger partial charge in [0, 0.05) is 10.7 Å². The quantitative estimate of drug-likeness (QED) is 0.842. The van der Waals surface area contributed by atoms with Crippen molar-refractivity contribution in [2.45, 2.75) is 13.5 Å². The predicted molar refractivity (Wildman–Crippen MR) is 49.1 cm³/mol. The zero-order chi connectivity index (χ0) is 9.14. The van der Waals surface area contributed by atoms with E-state index in [1.165, 1.54) is 7.11 Å². The minimum absolute atomic E-state index is 0.0710. The second-order valence-electron chi connectivity index (χ2n) is 2.40. The van der Waals surface area contributed by atoms with Crippen molar-refractivity contribution in [1.29, 1.82) is 0 Å². The Labute approximate surface area is 79.5 Å². The van der Waals surface area contributed by atoms with Crippen LogP contribution in [-0.2, 0) is 6.61 Å². The molecule has 12 heavy (non-hydrogen) atoms. The number of aromatic nitrogens is 1. The summed E-state index contributed by atoms with van der Waals surface area (Å²) in [5.74, 6) is 0.468. The molecule has 1 rings (SSSR count). The van der Waals surface area contributed by atoms with Crippen molar-refractivity contribution in [1.82, 2.24) is 4.98 Å². The van der Waals surface area contributed by atoms with Crippen molar-refractivity contribution in [3.63, 3.8) is 0 Å². The largest absolute Gasteiger partial charge is 0.481 e. The number of nitrogens with zero attached hydrogens (tertiary/aromatic N) is 1. The molecule has 0 aromatic carbocycles. The molecule has 0 fully saturated rings. The Morgan fingerprint density at radius 3 is 2.83 bits per heavy atom. The number of ether oxygens (including phenoxy) is 1. The molecule has 1 N–H and O–H groups in total. The van der Waals surface area contributed by atoms with Gasteiger partial charge in [-0.05, 0) is 28.4 Å². The van der Waals surface area contributed by atoms with Crippen LogP contribution < -0.4 is 4.74 Å². The van der Waals surface area contributed by atoms with Crippen LogP contribution in [0.1, 0.15) is 11.1 Å². The lowest BCUT2D eigenvalue weighted by molar-refractivity contribution is 0.270. The normalized spacial score (nSPS) is 10.0. The summed E-state index contributed by atoms with van der Waals surface area (Å²) in [7, 11) is 1.53. The SMILES string of the molecule is COc1ncc(C)c(Br)c1CO. The van der Waals surface area contributed by atoms with E-state index in [4.69, 9.17) is 9.84 Å². The summed E-state index contributed by atoms with van der Waals surface area (Å²) in [6.07, 6.45) is 1.70. The molecule has 1 aromatic rings. The summed E-state index contributed by atoms with van der Waals surface area (Å²) in [5.41, 5.74) is 1.68. The summed E-state index contributed by atoms with van der Waals surface area (Å²) >= 11 is 3.35. The predicted octanol–water partition coefficient (Wildman–Crippen LogP) is 1.65. The minimum Gasteiger partial charge on any atom is -0.481 e. The second kappa shape index (κ2) is 3.87. The van der Waals surface area contributed by atoms with E-state index < -0.39 is 0 Å². The van der Waals surface area contributed by atoms with Gasteiger partial charge in [-0.25, -0.2) is 4.98 Å². The van der Waals surface area contributed by atoms with E-state index in [9.17, 15) is 0 Å². The number of halogens is 1. The van der Waals surface area contributed by atoms with Gasteiger partial charge in [-0.1, -0.05) is 0 Å². The van der Waals surface area contributed by atoms with E-state index in [2.05, 4.69) is 20.9 Å². The number of hydrogen-bond donors (Lipinski definition) is 1. The highest BCUT2D eigenvalue weighted by Gasteiger charge is 2.09. The fourth-order valence-electron chi connectivity index (χ4n) is 0.935. The average molecular weight is 232 g/mol. The van der Waals surface area contributed by atoms with Crippen molar-refractivity contribution in [2.75, 3.05) is 7.11 Å². The molecule has 0 aliphatic heterocycles. The van der Waals surface area contributed by atoms with Crippen LogP contribution in [0.15, 0.2) is 10.7 Å².